The number of hydrogen-bond acceptors (Lipinski definition) is 15. The summed E-state index contributed by atoms with van der Waals surface area (Å²) in [6, 6.07) is 3.01. The fourth-order valence-electron chi connectivity index (χ4n) is 8.39. The Labute approximate surface area is 485 Å². The third kappa shape index (κ3) is 22.7. The van der Waals surface area contributed by atoms with Crippen molar-refractivity contribution in [1.29, 1.82) is 0 Å². The number of benzene rings is 2. The molecule has 0 aliphatic carbocycles. The molecule has 0 saturated heterocycles. The zero-order valence-electron chi connectivity index (χ0n) is 46.6. The Hall–Kier alpha value is -7.72. The molecule has 1 heterocycles. The first-order valence-electron chi connectivity index (χ1n) is 26.7. The number of carbonyl (C=O) groups is 12. The number of aromatic nitrogens is 1. The largest absolute Gasteiger partial charge is 0.481 e. The number of carboxylic acids is 2. The van der Waals surface area contributed by atoms with E-state index in [1.54, 1.807) is 102 Å². The van der Waals surface area contributed by atoms with Gasteiger partial charge in [0.1, 0.15) is 48.3 Å². The van der Waals surface area contributed by atoms with E-state index in [1.807, 2.05) is 0 Å². The number of hydrogen-bond donors (Lipinski definition) is 16. The minimum atomic E-state index is -1.84. The van der Waals surface area contributed by atoms with Crippen molar-refractivity contribution < 1.29 is 67.7 Å². The Morgan fingerprint density at radius 3 is 1.56 bits per heavy atom. The van der Waals surface area contributed by atoms with Gasteiger partial charge < -0.3 is 74.5 Å². The molecule has 1 aromatic heterocycles. The molecule has 0 fully saturated rings. The van der Waals surface area contributed by atoms with Crippen molar-refractivity contribution in [3.8, 4) is 0 Å². The summed E-state index contributed by atoms with van der Waals surface area (Å²) in [5.41, 5.74) is 13.1. The number of thiol groups is 2. The maximum atomic E-state index is 14.4. The number of aromatic amines is 1. The maximum Gasteiger partial charge on any atom is 0.327 e. The van der Waals surface area contributed by atoms with Crippen LogP contribution >= 0.6 is 25.3 Å². The molecule has 26 nitrogen and oxygen atoms in total. The third-order valence-corrected chi connectivity index (χ3v) is 13.7. The van der Waals surface area contributed by atoms with Gasteiger partial charge in [-0.15, -0.1) is 0 Å². The van der Waals surface area contributed by atoms with Gasteiger partial charge in [-0.2, -0.15) is 25.3 Å². The molecule has 16 N–H and O–H groups in total. The van der Waals surface area contributed by atoms with E-state index in [2.05, 4.69) is 78.1 Å². The highest BCUT2D eigenvalue weighted by molar-refractivity contribution is 7.80. The SMILES string of the molecule is CC[C@H](C)[C@H](NC(=O)CNC(=O)[C@H](CC(=O)O)NC(=O)[C@H](CS)NC(=O)[C@H](CC(C)C)NC(=O)[C@H](Cc1c[nH]c2ccccc12)NC(=O)[C@H](CC(C)C)NC(=O)[C@@H](N)CC(N)=O)C(=O)N[C@@H](Cc1ccccc1)C(=O)N[C@@H](CS)C(=O)O. The van der Waals surface area contributed by atoms with Crippen LogP contribution in [0.1, 0.15) is 84.8 Å². The number of nitrogens with one attached hydrogen (secondary N) is 10. The standard InChI is InChI=1S/C54H78N12O14S2/c1-7-29(6)45(53(78)63-37(19-30-13-9-8-10-14-30)50(75)65-41(26-82)54(79)80)66-43(68)24-58-47(72)39(22-44(69)70)62-52(77)40(25-81)64-49(74)36(18-28(4)5)60-51(76)38(20-31-23-57-34-16-12-11-15-32(31)34)61-48(73)35(17-27(2)3)59-46(71)33(55)21-42(56)67/h8-16,23,27-29,33,35-41,45,57,81-82H,7,17-22,24-26,55H2,1-6H3,(H2,56,67)(H,58,72)(H,59,71)(H,60,76)(H,61,73)(H,62,77)(H,63,78)(H,64,74)(H,65,75)(H,66,68)(H,69,70)(H,79,80)/t29-,33-,35-,36-,37-,38-,39-,40-,41-,45-/m0/s1. The second-order valence-electron chi connectivity index (χ2n) is 20.7. The number of H-pyrrole nitrogens is 1. The summed E-state index contributed by atoms with van der Waals surface area (Å²) in [5, 5.41) is 42.4. The monoisotopic (exact) mass is 1180 g/mol. The van der Waals surface area contributed by atoms with Crippen LogP contribution in [0, 0.1) is 17.8 Å². The highest BCUT2D eigenvalue weighted by Crippen LogP contribution is 2.20. The first kappa shape index (κ1) is 68.6. The maximum absolute atomic E-state index is 14.4. The highest BCUT2D eigenvalue weighted by Gasteiger charge is 2.36. The van der Waals surface area contributed by atoms with Gasteiger partial charge in [0.25, 0.3) is 0 Å². The summed E-state index contributed by atoms with van der Waals surface area (Å²) in [6.07, 6.45) is 0.416. The predicted molar refractivity (Wildman–Crippen MR) is 308 cm³/mol. The topological polar surface area (TPSA) is 421 Å². The number of rotatable bonds is 35. The van der Waals surface area contributed by atoms with Crippen LogP contribution in [-0.2, 0) is 70.4 Å². The van der Waals surface area contributed by atoms with E-state index >= 15 is 0 Å². The molecule has 10 amide bonds. The molecule has 450 valence electrons. The summed E-state index contributed by atoms with van der Waals surface area (Å²) >= 11 is 8.22. The molecular formula is C54H78N12O14S2. The summed E-state index contributed by atoms with van der Waals surface area (Å²) in [5.74, 6) is -13.5. The normalized spacial score (nSPS) is 14.9. The zero-order chi connectivity index (χ0) is 61.4. The van der Waals surface area contributed by atoms with Gasteiger partial charge >= 0.3 is 11.9 Å². The van der Waals surface area contributed by atoms with Crippen molar-refractivity contribution in [2.45, 2.75) is 141 Å². The van der Waals surface area contributed by atoms with Crippen molar-refractivity contribution in [2.24, 2.45) is 29.2 Å². The van der Waals surface area contributed by atoms with Crippen LogP contribution in [0.3, 0.4) is 0 Å². The first-order valence-corrected chi connectivity index (χ1v) is 27.9. The van der Waals surface area contributed by atoms with Crippen LogP contribution in [0.25, 0.3) is 10.9 Å². The van der Waals surface area contributed by atoms with Crippen LogP contribution in [0.2, 0.25) is 0 Å². The fraction of sp³-hybridized carbons (Fsp3) is 0.519. The lowest BCUT2D eigenvalue weighted by Gasteiger charge is -2.28. The number of fused-ring (bicyclic) bond motifs is 1. The third-order valence-electron chi connectivity index (χ3n) is 12.9. The van der Waals surface area contributed by atoms with E-state index in [0.717, 1.165) is 10.9 Å². The van der Waals surface area contributed by atoms with Crippen molar-refractivity contribution in [3.63, 3.8) is 0 Å². The number of primary amides is 1. The quantitative estimate of drug-likeness (QED) is 0.0305. The van der Waals surface area contributed by atoms with E-state index in [-0.39, 0.29) is 43.3 Å². The summed E-state index contributed by atoms with van der Waals surface area (Å²) in [4.78, 5) is 162. The van der Waals surface area contributed by atoms with Gasteiger partial charge in [-0.25, -0.2) is 4.79 Å². The Bertz CT molecular complexity index is 2730. The Balaban J connectivity index is 1.80. The van der Waals surface area contributed by atoms with Crippen molar-refractivity contribution >= 4 is 107 Å². The van der Waals surface area contributed by atoms with Crippen LogP contribution in [0.5, 0.6) is 0 Å². The van der Waals surface area contributed by atoms with Gasteiger partial charge in [-0.05, 0) is 47.8 Å². The van der Waals surface area contributed by atoms with Crippen LogP contribution in [0.4, 0.5) is 0 Å². The average molecular weight is 1180 g/mol. The summed E-state index contributed by atoms with van der Waals surface area (Å²) in [6.45, 7) is 9.64. The second kappa shape index (κ2) is 33.9. The molecular weight excluding hydrogens is 1100 g/mol. The predicted octanol–water partition coefficient (Wildman–Crippen LogP) is -1.29. The van der Waals surface area contributed by atoms with Gasteiger partial charge in [0, 0.05) is 41.4 Å². The molecule has 0 unspecified atom stereocenters. The molecule has 0 saturated carbocycles. The molecule has 28 heteroatoms. The lowest BCUT2D eigenvalue weighted by Crippen LogP contribution is -2.60. The minimum absolute atomic E-state index is 0.00505. The van der Waals surface area contributed by atoms with Crippen molar-refractivity contribution in [1.82, 2.24) is 52.8 Å². The number of carboxylic acid groups (broad SMARTS) is 2. The molecule has 82 heavy (non-hydrogen) atoms. The van der Waals surface area contributed by atoms with Crippen molar-refractivity contribution in [3.05, 3.63) is 71.9 Å². The Morgan fingerprint density at radius 2 is 1.02 bits per heavy atom. The summed E-state index contributed by atoms with van der Waals surface area (Å²) in [7, 11) is 0. The molecule has 0 aliphatic rings. The zero-order valence-corrected chi connectivity index (χ0v) is 48.4. The van der Waals surface area contributed by atoms with Crippen LogP contribution in [-0.4, -0.2) is 159 Å². The lowest BCUT2D eigenvalue weighted by atomic mass is 9.97. The number of amides is 10. The smallest absolute Gasteiger partial charge is 0.327 e. The molecule has 2 aromatic carbocycles. The first-order chi connectivity index (χ1) is 38.7. The van der Waals surface area contributed by atoms with E-state index in [1.165, 1.54) is 0 Å². The Kier molecular flexibility index (Phi) is 28.3. The lowest BCUT2D eigenvalue weighted by molar-refractivity contribution is -0.142. The van der Waals surface area contributed by atoms with Gasteiger partial charge in [-0.3, -0.25) is 52.7 Å². The molecule has 0 aliphatic heterocycles. The van der Waals surface area contributed by atoms with Gasteiger partial charge in [0.2, 0.25) is 59.1 Å². The van der Waals surface area contributed by atoms with Gasteiger partial charge in [0.05, 0.1) is 25.4 Å². The second-order valence-corrected chi connectivity index (χ2v) is 21.4. The van der Waals surface area contributed by atoms with E-state index in [9.17, 15) is 67.7 Å². The minimum Gasteiger partial charge on any atom is -0.481 e. The van der Waals surface area contributed by atoms with E-state index in [4.69, 9.17) is 11.5 Å². The van der Waals surface area contributed by atoms with E-state index < -0.39 is 156 Å². The highest BCUT2D eigenvalue weighted by atomic mass is 32.1. The molecule has 3 rings (SSSR count). The van der Waals surface area contributed by atoms with Crippen LogP contribution in [0.15, 0.2) is 60.8 Å². The Morgan fingerprint density at radius 1 is 0.549 bits per heavy atom. The molecule has 0 spiro atoms. The van der Waals surface area contributed by atoms with Crippen LogP contribution < -0.4 is 59.3 Å². The average Bonchev–Trinajstić information content (AvgIpc) is 3.96. The molecule has 0 radical (unpaired) electrons. The fourth-order valence-corrected chi connectivity index (χ4v) is 8.89. The molecule has 3 aromatic rings. The van der Waals surface area contributed by atoms with E-state index in [0.29, 0.717) is 17.5 Å². The van der Waals surface area contributed by atoms with Crippen molar-refractivity contribution in [2.75, 3.05) is 18.1 Å². The number of nitrogens with two attached hydrogens (primary N) is 2. The number of aliphatic carboxylic acids is 2. The number of carbonyl (C=O) groups excluding carboxylic acids is 10. The molecule has 10 atom stereocenters. The van der Waals surface area contributed by atoms with Gasteiger partial charge in [-0.1, -0.05) is 96.5 Å². The van der Waals surface area contributed by atoms with Gasteiger partial charge in [0.15, 0.2) is 0 Å². The molecule has 0 bridgehead atoms. The summed E-state index contributed by atoms with van der Waals surface area (Å²) < 4.78 is 0. The number of para-hydroxylation sites is 1.